The van der Waals surface area contributed by atoms with Gasteiger partial charge in [-0.3, -0.25) is 4.79 Å². The molecular weight excluding hydrogens is 259 g/mol. The molecule has 5 heteroatoms. The number of nitrogens with zero attached hydrogens (tertiary/aromatic N) is 2. The third-order valence-electron chi connectivity index (χ3n) is 4.03. The lowest BCUT2D eigenvalue weighted by atomic mass is 9.97. The Labute approximate surface area is 118 Å². The van der Waals surface area contributed by atoms with E-state index in [4.69, 9.17) is 4.74 Å². The maximum Gasteiger partial charge on any atom is 0.265 e. The Balaban J connectivity index is 1.81. The monoisotopic (exact) mass is 278 g/mol. The highest BCUT2D eigenvalue weighted by Crippen LogP contribution is 2.33. The van der Waals surface area contributed by atoms with Crippen LogP contribution in [0.5, 0.6) is 5.75 Å². The first-order chi connectivity index (χ1) is 9.63. The summed E-state index contributed by atoms with van der Waals surface area (Å²) in [5, 5.41) is 0. The predicted molar refractivity (Wildman–Crippen MR) is 74.5 cm³/mol. The number of ether oxygens (including phenoxy) is 1. The van der Waals surface area contributed by atoms with Crippen LogP contribution in [0.2, 0.25) is 0 Å². The molecule has 0 radical (unpaired) electrons. The summed E-state index contributed by atoms with van der Waals surface area (Å²) >= 11 is 0. The topological polar surface area (TPSA) is 32.8 Å². The Bertz CT molecular complexity index is 521. The fraction of sp³-hybridized carbons (Fsp3) is 0.533. The van der Waals surface area contributed by atoms with E-state index in [0.29, 0.717) is 23.9 Å². The van der Waals surface area contributed by atoms with E-state index in [-0.39, 0.29) is 18.3 Å². The minimum atomic E-state index is -0.340. The van der Waals surface area contributed by atoms with E-state index in [9.17, 15) is 9.18 Å². The highest BCUT2D eigenvalue weighted by atomic mass is 19.1. The van der Waals surface area contributed by atoms with Crippen LogP contribution in [0, 0.1) is 11.7 Å². The molecule has 1 amide bonds. The molecule has 0 bridgehead atoms. The summed E-state index contributed by atoms with van der Waals surface area (Å²) < 4.78 is 18.8. The quantitative estimate of drug-likeness (QED) is 0.828. The number of fused-ring (bicyclic) bond motifs is 1. The van der Waals surface area contributed by atoms with Crippen LogP contribution < -0.4 is 9.64 Å². The van der Waals surface area contributed by atoms with Gasteiger partial charge >= 0.3 is 0 Å². The van der Waals surface area contributed by atoms with Gasteiger partial charge in [-0.05, 0) is 44.5 Å². The van der Waals surface area contributed by atoms with Crippen LogP contribution in [-0.2, 0) is 4.79 Å². The van der Waals surface area contributed by atoms with Gasteiger partial charge in [-0.15, -0.1) is 0 Å². The normalized spacial score (nSPS) is 23.4. The molecule has 20 heavy (non-hydrogen) atoms. The van der Waals surface area contributed by atoms with Crippen LogP contribution in [0.4, 0.5) is 10.1 Å². The molecule has 2 heterocycles. The summed E-state index contributed by atoms with van der Waals surface area (Å²) in [4.78, 5) is 16.1. The Morgan fingerprint density at radius 2 is 2.30 bits per heavy atom. The Kier molecular flexibility index (Phi) is 3.61. The van der Waals surface area contributed by atoms with Gasteiger partial charge in [0.15, 0.2) is 6.61 Å². The van der Waals surface area contributed by atoms with E-state index in [1.165, 1.54) is 12.1 Å². The van der Waals surface area contributed by atoms with Gasteiger partial charge in [0.25, 0.3) is 5.91 Å². The van der Waals surface area contributed by atoms with Gasteiger partial charge in [0.05, 0.1) is 5.69 Å². The molecule has 4 nitrogen and oxygen atoms in total. The van der Waals surface area contributed by atoms with Gasteiger partial charge in [-0.2, -0.15) is 0 Å². The molecule has 0 saturated carbocycles. The summed E-state index contributed by atoms with van der Waals surface area (Å²) in [5.41, 5.74) is 0.564. The zero-order chi connectivity index (χ0) is 14.1. The molecule has 3 rings (SSSR count). The van der Waals surface area contributed by atoms with Crippen molar-refractivity contribution >= 4 is 11.6 Å². The second kappa shape index (κ2) is 5.40. The average Bonchev–Trinajstić information content (AvgIpc) is 2.42. The Morgan fingerprint density at radius 1 is 1.45 bits per heavy atom. The fourth-order valence-corrected chi connectivity index (χ4v) is 3.06. The van der Waals surface area contributed by atoms with E-state index in [1.54, 1.807) is 11.0 Å². The van der Waals surface area contributed by atoms with Crippen LogP contribution in [-0.4, -0.2) is 44.1 Å². The molecule has 108 valence electrons. The van der Waals surface area contributed by atoms with Gasteiger partial charge in [0.1, 0.15) is 11.6 Å². The number of amides is 1. The maximum absolute atomic E-state index is 13.4. The van der Waals surface area contributed by atoms with Crippen LogP contribution in [0.3, 0.4) is 0 Å². The van der Waals surface area contributed by atoms with Gasteiger partial charge in [0.2, 0.25) is 0 Å². The van der Waals surface area contributed by atoms with Gasteiger partial charge in [-0.1, -0.05) is 0 Å². The molecule has 0 aliphatic carbocycles. The molecule has 1 aromatic rings. The van der Waals surface area contributed by atoms with Gasteiger partial charge in [0, 0.05) is 19.2 Å². The van der Waals surface area contributed by atoms with Crippen LogP contribution >= 0.6 is 0 Å². The largest absolute Gasteiger partial charge is 0.482 e. The van der Waals surface area contributed by atoms with E-state index in [1.807, 2.05) is 0 Å². The molecular formula is C15H19FN2O2. The lowest BCUT2D eigenvalue weighted by Gasteiger charge is -2.36. The van der Waals surface area contributed by atoms with Crippen molar-refractivity contribution in [1.82, 2.24) is 4.90 Å². The van der Waals surface area contributed by atoms with E-state index < -0.39 is 0 Å². The highest BCUT2D eigenvalue weighted by Gasteiger charge is 2.29. The molecule has 0 spiro atoms. The zero-order valence-corrected chi connectivity index (χ0v) is 11.6. The van der Waals surface area contributed by atoms with E-state index >= 15 is 0 Å². The van der Waals surface area contributed by atoms with E-state index in [0.717, 1.165) is 25.9 Å². The van der Waals surface area contributed by atoms with Crippen molar-refractivity contribution in [3.63, 3.8) is 0 Å². The van der Waals surface area contributed by atoms with Crippen LogP contribution in [0.1, 0.15) is 12.8 Å². The number of likely N-dealkylation sites (tertiary alicyclic amines) is 1. The molecule has 0 N–H and O–H groups in total. The van der Waals surface area contributed by atoms with Crippen LogP contribution in [0.15, 0.2) is 18.2 Å². The molecule has 1 fully saturated rings. The minimum absolute atomic E-state index is 0.0428. The smallest absolute Gasteiger partial charge is 0.265 e. The summed E-state index contributed by atoms with van der Waals surface area (Å²) in [6.45, 7) is 2.78. The van der Waals surface area contributed by atoms with Crippen molar-refractivity contribution in [3.8, 4) is 5.75 Å². The molecule has 2 aliphatic rings. The van der Waals surface area contributed by atoms with Gasteiger partial charge < -0.3 is 14.5 Å². The maximum atomic E-state index is 13.4. The molecule has 1 atom stereocenters. The first-order valence-corrected chi connectivity index (χ1v) is 7.05. The molecule has 1 unspecified atom stereocenters. The highest BCUT2D eigenvalue weighted by molar-refractivity contribution is 5.97. The average molecular weight is 278 g/mol. The Morgan fingerprint density at radius 3 is 3.10 bits per heavy atom. The second-order valence-electron chi connectivity index (χ2n) is 5.68. The standard InChI is InChI=1S/C15H19FN2O2/c1-17-6-2-3-11(8-17)9-18-13-7-12(16)4-5-14(13)20-10-15(18)19/h4-5,7,11H,2-3,6,8-10H2,1H3. The third-order valence-corrected chi connectivity index (χ3v) is 4.03. The van der Waals surface area contributed by atoms with Crippen molar-refractivity contribution < 1.29 is 13.9 Å². The first kappa shape index (κ1) is 13.4. The lowest BCUT2D eigenvalue weighted by molar-refractivity contribution is -0.121. The SMILES string of the molecule is CN1CCCC(CN2C(=O)COc3ccc(F)cc32)C1. The number of benzene rings is 1. The van der Waals surface area contributed by atoms with Crippen LogP contribution in [0.25, 0.3) is 0 Å². The molecule has 0 aromatic heterocycles. The lowest BCUT2D eigenvalue weighted by Crippen LogP contribution is -2.45. The number of halogens is 1. The fourth-order valence-electron chi connectivity index (χ4n) is 3.06. The molecule has 2 aliphatic heterocycles. The molecule has 1 aromatic carbocycles. The Hall–Kier alpha value is -1.62. The van der Waals surface area contributed by atoms with Crippen molar-refractivity contribution in [2.75, 3.05) is 38.2 Å². The number of carbonyl (C=O) groups is 1. The number of piperidine rings is 1. The van der Waals surface area contributed by atoms with Crippen molar-refractivity contribution in [1.29, 1.82) is 0 Å². The van der Waals surface area contributed by atoms with Crippen molar-refractivity contribution in [2.24, 2.45) is 5.92 Å². The number of hydrogen-bond donors (Lipinski definition) is 0. The summed E-state index contributed by atoms with van der Waals surface area (Å²) in [5.74, 6) is 0.603. The zero-order valence-electron chi connectivity index (χ0n) is 11.6. The minimum Gasteiger partial charge on any atom is -0.482 e. The van der Waals surface area contributed by atoms with Gasteiger partial charge in [-0.25, -0.2) is 4.39 Å². The number of carbonyl (C=O) groups excluding carboxylic acids is 1. The number of rotatable bonds is 2. The molecule has 1 saturated heterocycles. The third kappa shape index (κ3) is 2.63. The summed E-state index contributed by atoms with van der Waals surface area (Å²) in [7, 11) is 2.10. The number of anilines is 1. The van der Waals surface area contributed by atoms with Crippen molar-refractivity contribution in [2.45, 2.75) is 12.8 Å². The van der Waals surface area contributed by atoms with Crippen molar-refractivity contribution in [3.05, 3.63) is 24.0 Å². The summed E-state index contributed by atoms with van der Waals surface area (Å²) in [6, 6.07) is 4.34. The summed E-state index contributed by atoms with van der Waals surface area (Å²) in [6.07, 6.45) is 2.26. The predicted octanol–water partition coefficient (Wildman–Crippen LogP) is 1.89. The first-order valence-electron chi connectivity index (χ1n) is 7.05. The second-order valence-corrected chi connectivity index (χ2v) is 5.68. The van der Waals surface area contributed by atoms with E-state index in [2.05, 4.69) is 11.9 Å². The number of hydrogen-bond acceptors (Lipinski definition) is 3.